The molecular formula is C17H18FN. The molecule has 3 rings (SSSR count). The molecule has 0 saturated carbocycles. The van der Waals surface area contributed by atoms with Gasteiger partial charge in [-0.15, -0.1) is 0 Å². The summed E-state index contributed by atoms with van der Waals surface area (Å²) < 4.78 is 13.9. The van der Waals surface area contributed by atoms with Gasteiger partial charge in [0.25, 0.3) is 0 Å². The van der Waals surface area contributed by atoms with E-state index in [0.29, 0.717) is 6.04 Å². The highest BCUT2D eigenvalue weighted by atomic mass is 19.1. The van der Waals surface area contributed by atoms with Gasteiger partial charge in [-0.05, 0) is 36.6 Å². The van der Waals surface area contributed by atoms with Crippen molar-refractivity contribution in [3.63, 3.8) is 0 Å². The molecule has 0 spiro atoms. The summed E-state index contributed by atoms with van der Waals surface area (Å²) >= 11 is 0. The molecule has 1 saturated heterocycles. The molecule has 1 aliphatic rings. The zero-order chi connectivity index (χ0) is 13.1. The van der Waals surface area contributed by atoms with E-state index in [1.165, 1.54) is 5.56 Å². The van der Waals surface area contributed by atoms with Gasteiger partial charge in [0.2, 0.25) is 0 Å². The van der Waals surface area contributed by atoms with Crippen molar-refractivity contribution >= 4 is 0 Å². The lowest BCUT2D eigenvalue weighted by Gasteiger charge is -2.20. The minimum Gasteiger partial charge on any atom is -0.313 e. The lowest BCUT2D eigenvalue weighted by molar-refractivity contribution is 0.514. The van der Waals surface area contributed by atoms with Crippen molar-refractivity contribution < 1.29 is 4.39 Å². The quantitative estimate of drug-likeness (QED) is 0.885. The topological polar surface area (TPSA) is 12.0 Å². The Balaban J connectivity index is 1.81. The van der Waals surface area contributed by atoms with Crippen molar-refractivity contribution in [2.24, 2.45) is 0 Å². The fourth-order valence-electron chi connectivity index (χ4n) is 3.00. The van der Waals surface area contributed by atoms with Crippen LogP contribution in [0.25, 0.3) is 0 Å². The number of rotatable bonds is 3. The second-order valence-electron chi connectivity index (χ2n) is 5.17. The van der Waals surface area contributed by atoms with Gasteiger partial charge in [0.1, 0.15) is 5.82 Å². The molecule has 2 aromatic rings. The molecule has 0 aliphatic carbocycles. The number of hydrogen-bond donors (Lipinski definition) is 1. The Kier molecular flexibility index (Phi) is 3.60. The van der Waals surface area contributed by atoms with Crippen LogP contribution >= 0.6 is 0 Å². The number of halogens is 1. The molecule has 2 unspecified atom stereocenters. The summed E-state index contributed by atoms with van der Waals surface area (Å²) in [4.78, 5) is 0. The molecule has 2 aromatic carbocycles. The van der Waals surface area contributed by atoms with Crippen LogP contribution in [0, 0.1) is 5.82 Å². The fraction of sp³-hybridized carbons (Fsp3) is 0.294. The Morgan fingerprint density at radius 1 is 1.00 bits per heavy atom. The highest BCUT2D eigenvalue weighted by Gasteiger charge is 2.29. The van der Waals surface area contributed by atoms with Gasteiger partial charge < -0.3 is 5.32 Å². The lowest BCUT2D eigenvalue weighted by atomic mass is 9.88. The number of nitrogens with one attached hydrogen (secondary N) is 1. The van der Waals surface area contributed by atoms with Gasteiger partial charge >= 0.3 is 0 Å². The minimum atomic E-state index is -0.0748. The third-order valence-electron chi connectivity index (χ3n) is 3.95. The average molecular weight is 255 g/mol. The second kappa shape index (κ2) is 5.54. The first-order valence-electron chi connectivity index (χ1n) is 6.86. The van der Waals surface area contributed by atoms with Crippen LogP contribution < -0.4 is 5.32 Å². The first kappa shape index (κ1) is 12.4. The third-order valence-corrected chi connectivity index (χ3v) is 3.95. The third kappa shape index (κ3) is 2.69. The van der Waals surface area contributed by atoms with Gasteiger partial charge in [-0.1, -0.05) is 48.5 Å². The molecular weight excluding hydrogens is 237 g/mol. The standard InChI is InChI=1S/C17H18FN/c18-16-9-5-4-8-14(16)15-10-11-19-17(15)12-13-6-2-1-3-7-13/h1-9,15,17,19H,10-12H2. The van der Waals surface area contributed by atoms with Crippen LogP contribution in [0.4, 0.5) is 4.39 Å². The predicted molar refractivity (Wildman–Crippen MR) is 75.7 cm³/mol. The van der Waals surface area contributed by atoms with Crippen LogP contribution in [-0.2, 0) is 6.42 Å². The molecule has 1 aliphatic heterocycles. The van der Waals surface area contributed by atoms with E-state index in [4.69, 9.17) is 0 Å². The zero-order valence-corrected chi connectivity index (χ0v) is 10.9. The van der Waals surface area contributed by atoms with Crippen LogP contribution in [0.15, 0.2) is 54.6 Å². The summed E-state index contributed by atoms with van der Waals surface area (Å²) in [6, 6.07) is 17.9. The average Bonchev–Trinajstić information content (AvgIpc) is 2.88. The second-order valence-corrected chi connectivity index (χ2v) is 5.17. The summed E-state index contributed by atoms with van der Waals surface area (Å²) in [5.41, 5.74) is 2.16. The molecule has 98 valence electrons. The van der Waals surface area contributed by atoms with E-state index < -0.39 is 0 Å². The van der Waals surface area contributed by atoms with Crippen molar-refractivity contribution in [1.82, 2.24) is 5.32 Å². The molecule has 1 fully saturated rings. The van der Waals surface area contributed by atoms with E-state index in [-0.39, 0.29) is 11.7 Å². The summed E-state index contributed by atoms with van der Waals surface area (Å²) in [6.45, 7) is 0.969. The predicted octanol–water partition coefficient (Wildman–Crippen LogP) is 3.51. The Morgan fingerprint density at radius 3 is 2.53 bits per heavy atom. The normalized spacial score (nSPS) is 22.6. The van der Waals surface area contributed by atoms with Crippen molar-refractivity contribution in [3.05, 3.63) is 71.5 Å². The maximum atomic E-state index is 13.9. The summed E-state index contributed by atoms with van der Waals surface area (Å²) in [5.74, 6) is 0.204. The van der Waals surface area contributed by atoms with Gasteiger partial charge in [0.05, 0.1) is 0 Å². The molecule has 0 bridgehead atoms. The summed E-state index contributed by atoms with van der Waals surface area (Å²) in [7, 11) is 0. The van der Waals surface area contributed by atoms with E-state index in [9.17, 15) is 4.39 Å². The highest BCUT2D eigenvalue weighted by molar-refractivity contribution is 5.26. The minimum absolute atomic E-state index is 0.0748. The Labute approximate surface area is 113 Å². The molecule has 19 heavy (non-hydrogen) atoms. The maximum Gasteiger partial charge on any atom is 0.126 e. The van der Waals surface area contributed by atoms with Crippen LogP contribution in [0.1, 0.15) is 23.5 Å². The number of hydrogen-bond acceptors (Lipinski definition) is 1. The fourth-order valence-corrected chi connectivity index (χ4v) is 3.00. The molecule has 1 nitrogen and oxygen atoms in total. The van der Waals surface area contributed by atoms with Gasteiger partial charge in [-0.25, -0.2) is 4.39 Å². The maximum absolute atomic E-state index is 13.9. The molecule has 0 radical (unpaired) electrons. The number of benzene rings is 2. The van der Waals surface area contributed by atoms with E-state index in [1.54, 1.807) is 12.1 Å². The zero-order valence-electron chi connectivity index (χ0n) is 10.9. The van der Waals surface area contributed by atoms with Crippen molar-refractivity contribution in [3.8, 4) is 0 Å². The Morgan fingerprint density at radius 2 is 1.74 bits per heavy atom. The van der Waals surface area contributed by atoms with Gasteiger partial charge in [-0.2, -0.15) is 0 Å². The smallest absolute Gasteiger partial charge is 0.126 e. The highest BCUT2D eigenvalue weighted by Crippen LogP contribution is 2.31. The van der Waals surface area contributed by atoms with E-state index in [1.807, 2.05) is 18.2 Å². The van der Waals surface area contributed by atoms with E-state index in [2.05, 4.69) is 29.6 Å². The SMILES string of the molecule is Fc1ccccc1C1CCNC1Cc1ccccc1. The van der Waals surface area contributed by atoms with Crippen LogP contribution in [0.2, 0.25) is 0 Å². The van der Waals surface area contributed by atoms with Gasteiger partial charge in [0.15, 0.2) is 0 Å². The Hall–Kier alpha value is -1.67. The van der Waals surface area contributed by atoms with Crippen molar-refractivity contribution in [2.45, 2.75) is 24.8 Å². The molecule has 1 N–H and O–H groups in total. The molecule has 0 aromatic heterocycles. The van der Waals surface area contributed by atoms with Gasteiger partial charge in [0, 0.05) is 12.0 Å². The molecule has 2 heteroatoms. The lowest BCUT2D eigenvalue weighted by Crippen LogP contribution is -2.28. The van der Waals surface area contributed by atoms with E-state index >= 15 is 0 Å². The summed E-state index contributed by atoms with van der Waals surface area (Å²) in [6.07, 6.45) is 1.97. The first-order chi connectivity index (χ1) is 9.34. The molecule has 1 heterocycles. The van der Waals surface area contributed by atoms with Gasteiger partial charge in [-0.3, -0.25) is 0 Å². The Bertz CT molecular complexity index is 538. The molecule has 0 amide bonds. The van der Waals surface area contributed by atoms with Crippen molar-refractivity contribution in [2.75, 3.05) is 6.54 Å². The monoisotopic (exact) mass is 255 g/mol. The largest absolute Gasteiger partial charge is 0.313 e. The first-order valence-corrected chi connectivity index (χ1v) is 6.86. The van der Waals surface area contributed by atoms with Crippen LogP contribution in [-0.4, -0.2) is 12.6 Å². The van der Waals surface area contributed by atoms with Crippen molar-refractivity contribution in [1.29, 1.82) is 0 Å². The molecule has 2 atom stereocenters. The van der Waals surface area contributed by atoms with Crippen LogP contribution in [0.5, 0.6) is 0 Å². The van der Waals surface area contributed by atoms with E-state index in [0.717, 1.165) is 24.9 Å². The summed E-state index contributed by atoms with van der Waals surface area (Å²) in [5, 5.41) is 3.51. The van der Waals surface area contributed by atoms with Crippen LogP contribution in [0.3, 0.4) is 0 Å².